The number of hydrogen-bond donors (Lipinski definition) is 2. The number of anilines is 2. The van der Waals surface area contributed by atoms with E-state index < -0.39 is 0 Å². The highest BCUT2D eigenvalue weighted by Crippen LogP contribution is 2.34. The zero-order chi connectivity index (χ0) is 15.7. The van der Waals surface area contributed by atoms with Crippen molar-refractivity contribution in [2.75, 3.05) is 11.5 Å². The van der Waals surface area contributed by atoms with Gasteiger partial charge in [-0.25, -0.2) is 0 Å². The summed E-state index contributed by atoms with van der Waals surface area (Å²) < 4.78 is 0. The Bertz CT molecular complexity index is 815. The normalized spacial score (nSPS) is 10.6. The third kappa shape index (κ3) is 2.53. The molecule has 0 aliphatic heterocycles. The first-order chi connectivity index (χ1) is 10.6. The average Bonchev–Trinajstić information content (AvgIpc) is 2.52. The second kappa shape index (κ2) is 5.53. The molecular weight excluding hydrogens is 270 g/mol. The van der Waals surface area contributed by atoms with Crippen LogP contribution in [0.25, 0.3) is 22.4 Å². The molecule has 4 N–H and O–H groups in total. The molecule has 3 rings (SSSR count). The van der Waals surface area contributed by atoms with Gasteiger partial charge in [-0.15, -0.1) is 0 Å². The quantitative estimate of drug-likeness (QED) is 0.695. The summed E-state index contributed by atoms with van der Waals surface area (Å²) in [6.45, 7) is 4.05. The van der Waals surface area contributed by atoms with E-state index in [0.29, 0.717) is 11.4 Å². The van der Waals surface area contributed by atoms with Crippen LogP contribution >= 0.6 is 0 Å². The van der Waals surface area contributed by atoms with Crippen LogP contribution in [0.5, 0.6) is 0 Å². The molecular formula is C19H19N3. The highest BCUT2D eigenvalue weighted by molar-refractivity contribution is 5.85. The number of nitrogens with two attached hydrogens (primary N) is 2. The minimum absolute atomic E-state index is 0.606. The maximum Gasteiger partial charge on any atom is 0.0780 e. The summed E-state index contributed by atoms with van der Waals surface area (Å²) in [5, 5.41) is 0. The van der Waals surface area contributed by atoms with E-state index >= 15 is 0 Å². The summed E-state index contributed by atoms with van der Waals surface area (Å²) >= 11 is 0. The molecule has 0 bridgehead atoms. The van der Waals surface area contributed by atoms with Gasteiger partial charge in [0.2, 0.25) is 0 Å². The Hall–Kier alpha value is -2.81. The molecule has 22 heavy (non-hydrogen) atoms. The predicted octanol–water partition coefficient (Wildman–Crippen LogP) is 4.20. The summed E-state index contributed by atoms with van der Waals surface area (Å²) in [6, 6.07) is 16.3. The van der Waals surface area contributed by atoms with Gasteiger partial charge in [-0.1, -0.05) is 29.8 Å². The van der Waals surface area contributed by atoms with Crippen LogP contribution in [0, 0.1) is 13.8 Å². The van der Waals surface area contributed by atoms with Gasteiger partial charge in [0.25, 0.3) is 0 Å². The topological polar surface area (TPSA) is 64.9 Å². The number of aryl methyl sites for hydroxylation is 2. The van der Waals surface area contributed by atoms with Crippen molar-refractivity contribution >= 4 is 11.4 Å². The van der Waals surface area contributed by atoms with Crippen molar-refractivity contribution in [3.63, 3.8) is 0 Å². The van der Waals surface area contributed by atoms with E-state index in [1.165, 1.54) is 5.56 Å². The van der Waals surface area contributed by atoms with E-state index in [1.54, 1.807) is 0 Å². The minimum Gasteiger partial charge on any atom is -0.397 e. The van der Waals surface area contributed by atoms with Gasteiger partial charge < -0.3 is 11.5 Å². The van der Waals surface area contributed by atoms with Gasteiger partial charge in [-0.05, 0) is 49.2 Å². The predicted molar refractivity (Wildman–Crippen MR) is 93.4 cm³/mol. The molecule has 0 saturated carbocycles. The molecule has 110 valence electrons. The maximum atomic E-state index is 6.03. The van der Waals surface area contributed by atoms with Crippen LogP contribution in [0.15, 0.2) is 54.7 Å². The van der Waals surface area contributed by atoms with Gasteiger partial charge in [-0.3, -0.25) is 4.98 Å². The third-order valence-corrected chi connectivity index (χ3v) is 3.83. The van der Waals surface area contributed by atoms with Gasteiger partial charge >= 0.3 is 0 Å². The zero-order valence-electron chi connectivity index (χ0n) is 12.8. The largest absolute Gasteiger partial charge is 0.397 e. The highest BCUT2D eigenvalue weighted by Gasteiger charge is 2.11. The van der Waals surface area contributed by atoms with E-state index in [2.05, 4.69) is 42.2 Å². The summed E-state index contributed by atoms with van der Waals surface area (Å²) in [7, 11) is 0. The van der Waals surface area contributed by atoms with Crippen molar-refractivity contribution in [2.45, 2.75) is 13.8 Å². The number of nitrogens with zero attached hydrogens (tertiary/aromatic N) is 1. The van der Waals surface area contributed by atoms with Gasteiger partial charge in [0.1, 0.15) is 0 Å². The molecule has 2 aromatic carbocycles. The lowest BCUT2D eigenvalue weighted by molar-refractivity contribution is 1.31. The lowest BCUT2D eigenvalue weighted by Crippen LogP contribution is -1.98. The molecule has 1 heterocycles. The second-order valence-electron chi connectivity index (χ2n) is 5.57. The fraction of sp³-hybridized carbons (Fsp3) is 0.105. The van der Waals surface area contributed by atoms with E-state index in [-0.39, 0.29) is 0 Å². The third-order valence-electron chi connectivity index (χ3n) is 3.83. The summed E-state index contributed by atoms with van der Waals surface area (Å²) in [5.41, 5.74) is 19.6. The van der Waals surface area contributed by atoms with Crippen LogP contribution < -0.4 is 11.5 Å². The zero-order valence-corrected chi connectivity index (χ0v) is 12.8. The van der Waals surface area contributed by atoms with Crippen LogP contribution in [0.3, 0.4) is 0 Å². The van der Waals surface area contributed by atoms with Crippen molar-refractivity contribution in [1.29, 1.82) is 0 Å². The van der Waals surface area contributed by atoms with Crippen LogP contribution in [0.1, 0.15) is 11.1 Å². The van der Waals surface area contributed by atoms with Crippen molar-refractivity contribution in [1.82, 2.24) is 4.98 Å². The molecule has 0 aliphatic rings. The Balaban J connectivity index is 2.21. The summed E-state index contributed by atoms with van der Waals surface area (Å²) in [4.78, 5) is 4.58. The van der Waals surface area contributed by atoms with E-state index in [1.807, 2.05) is 31.3 Å². The molecule has 0 radical (unpaired) electrons. The number of rotatable bonds is 2. The average molecular weight is 289 g/mol. The molecule has 0 amide bonds. The Morgan fingerprint density at radius 1 is 0.864 bits per heavy atom. The second-order valence-corrected chi connectivity index (χ2v) is 5.57. The lowest BCUT2D eigenvalue weighted by Gasteiger charge is -2.12. The first-order valence-corrected chi connectivity index (χ1v) is 7.24. The number of nitrogen functional groups attached to an aromatic ring is 2. The molecule has 0 atom stereocenters. The Morgan fingerprint density at radius 3 is 2.41 bits per heavy atom. The van der Waals surface area contributed by atoms with Gasteiger partial charge in [-0.2, -0.15) is 0 Å². The molecule has 1 aromatic heterocycles. The minimum atomic E-state index is 0.606. The van der Waals surface area contributed by atoms with Crippen molar-refractivity contribution < 1.29 is 0 Å². The first kappa shape index (κ1) is 14.1. The monoisotopic (exact) mass is 289 g/mol. The maximum absolute atomic E-state index is 6.03. The van der Waals surface area contributed by atoms with Gasteiger partial charge in [0.05, 0.1) is 17.1 Å². The number of benzene rings is 2. The Kier molecular flexibility index (Phi) is 3.55. The van der Waals surface area contributed by atoms with E-state index in [9.17, 15) is 0 Å². The van der Waals surface area contributed by atoms with E-state index in [4.69, 9.17) is 11.5 Å². The molecule has 3 nitrogen and oxygen atoms in total. The van der Waals surface area contributed by atoms with Crippen molar-refractivity contribution in [2.24, 2.45) is 0 Å². The molecule has 3 aromatic rings. The lowest BCUT2D eigenvalue weighted by atomic mass is 9.96. The molecule has 0 fully saturated rings. The van der Waals surface area contributed by atoms with Crippen molar-refractivity contribution in [3.05, 3.63) is 65.9 Å². The highest BCUT2D eigenvalue weighted by atomic mass is 14.7. The summed E-state index contributed by atoms with van der Waals surface area (Å²) in [5.74, 6) is 0. The fourth-order valence-corrected chi connectivity index (χ4v) is 2.64. The van der Waals surface area contributed by atoms with Crippen LogP contribution in [-0.4, -0.2) is 4.98 Å². The number of pyridine rings is 1. The first-order valence-electron chi connectivity index (χ1n) is 7.24. The molecule has 3 heteroatoms. The number of hydrogen-bond acceptors (Lipinski definition) is 3. The summed E-state index contributed by atoms with van der Waals surface area (Å²) in [6.07, 6.45) is 1.81. The standard InChI is InChI=1S/C19H19N3/c1-12-5-3-6-14(9-12)19-16(7-4-8-22-19)15-10-13(2)18(21)17(20)11-15/h3-11H,20-21H2,1-2H3. The van der Waals surface area contributed by atoms with Crippen LogP contribution in [0.4, 0.5) is 11.4 Å². The van der Waals surface area contributed by atoms with Crippen LogP contribution in [-0.2, 0) is 0 Å². The Labute approximate surface area is 130 Å². The van der Waals surface area contributed by atoms with Gasteiger partial charge in [0.15, 0.2) is 0 Å². The van der Waals surface area contributed by atoms with E-state index in [0.717, 1.165) is 27.9 Å². The molecule has 0 spiro atoms. The Morgan fingerprint density at radius 2 is 1.68 bits per heavy atom. The van der Waals surface area contributed by atoms with Gasteiger partial charge in [0, 0.05) is 17.3 Å². The molecule has 0 saturated heterocycles. The van der Waals surface area contributed by atoms with Crippen molar-refractivity contribution in [3.8, 4) is 22.4 Å². The van der Waals surface area contributed by atoms with Crippen LogP contribution in [0.2, 0.25) is 0 Å². The fourth-order valence-electron chi connectivity index (χ4n) is 2.64. The molecule has 0 aliphatic carbocycles. The SMILES string of the molecule is Cc1cccc(-c2ncccc2-c2cc(C)c(N)c(N)c2)c1. The molecule has 0 unspecified atom stereocenters. The number of aromatic nitrogens is 1. The smallest absolute Gasteiger partial charge is 0.0780 e.